The number of fused-ring (bicyclic) bond motifs is 2. The first-order chi connectivity index (χ1) is 13.3. The van der Waals surface area contributed by atoms with Gasteiger partial charge in [-0.2, -0.15) is 0 Å². The summed E-state index contributed by atoms with van der Waals surface area (Å²) in [6, 6.07) is 11.3. The number of carbonyl (C=O) groups excluding carboxylic acids is 1. The predicted octanol–water partition coefficient (Wildman–Crippen LogP) is 2.62. The molecular formula is C20H18O7. The Balaban J connectivity index is 1.25. The lowest BCUT2D eigenvalue weighted by Gasteiger charge is -2.18. The van der Waals surface area contributed by atoms with Gasteiger partial charge in [0.1, 0.15) is 6.61 Å². The van der Waals surface area contributed by atoms with Gasteiger partial charge in [0.2, 0.25) is 13.6 Å². The molecule has 3 heterocycles. The molecule has 0 amide bonds. The van der Waals surface area contributed by atoms with Crippen molar-refractivity contribution in [3.05, 3.63) is 47.5 Å². The van der Waals surface area contributed by atoms with Crippen molar-refractivity contribution in [1.82, 2.24) is 0 Å². The van der Waals surface area contributed by atoms with Gasteiger partial charge in [-0.3, -0.25) is 4.79 Å². The van der Waals surface area contributed by atoms with Crippen LogP contribution in [0, 0.1) is 5.92 Å². The number of hydrogen-bond donors (Lipinski definition) is 0. The van der Waals surface area contributed by atoms with Crippen LogP contribution in [0.5, 0.6) is 23.0 Å². The lowest BCUT2D eigenvalue weighted by atomic mass is 9.95. The number of hydrogen-bond acceptors (Lipinski definition) is 7. The summed E-state index contributed by atoms with van der Waals surface area (Å²) in [5.74, 6) is 2.53. The molecule has 0 spiro atoms. The highest BCUT2D eigenvalue weighted by Gasteiger charge is 2.37. The smallest absolute Gasteiger partial charge is 0.231 e. The van der Waals surface area contributed by atoms with Gasteiger partial charge in [-0.25, -0.2) is 0 Å². The number of ketones is 1. The second-order valence-corrected chi connectivity index (χ2v) is 6.62. The third-order valence-electron chi connectivity index (χ3n) is 4.91. The topological polar surface area (TPSA) is 72.5 Å². The van der Waals surface area contributed by atoms with Gasteiger partial charge in [0.15, 0.2) is 28.8 Å². The maximum Gasteiger partial charge on any atom is 0.231 e. The van der Waals surface area contributed by atoms with E-state index in [1.807, 2.05) is 36.4 Å². The van der Waals surface area contributed by atoms with Crippen molar-refractivity contribution >= 4 is 5.78 Å². The highest BCUT2D eigenvalue weighted by molar-refractivity contribution is 5.85. The molecule has 27 heavy (non-hydrogen) atoms. The molecule has 1 saturated heterocycles. The fraction of sp³-hybridized carbons (Fsp3) is 0.350. The van der Waals surface area contributed by atoms with E-state index in [1.165, 1.54) is 0 Å². The molecular weight excluding hydrogens is 352 g/mol. The average molecular weight is 370 g/mol. The van der Waals surface area contributed by atoms with E-state index in [0.29, 0.717) is 18.1 Å². The predicted molar refractivity (Wildman–Crippen MR) is 92.0 cm³/mol. The summed E-state index contributed by atoms with van der Waals surface area (Å²) in [6.45, 7) is 1.22. The lowest BCUT2D eigenvalue weighted by molar-refractivity contribution is -0.122. The average Bonchev–Trinajstić information content (AvgIpc) is 3.41. The molecule has 5 rings (SSSR count). The highest BCUT2D eigenvalue weighted by Crippen LogP contribution is 2.39. The first-order valence-electron chi connectivity index (χ1n) is 8.78. The van der Waals surface area contributed by atoms with Crippen LogP contribution in [0.2, 0.25) is 0 Å². The van der Waals surface area contributed by atoms with E-state index in [0.717, 1.165) is 22.6 Å². The molecule has 0 aliphatic carbocycles. The summed E-state index contributed by atoms with van der Waals surface area (Å²) in [4.78, 5) is 12.3. The number of Topliss-reactive ketones (excluding diaryl/α,β-unsaturated/α-hetero) is 1. The molecule has 2 aromatic carbocycles. The Morgan fingerprint density at radius 2 is 1.59 bits per heavy atom. The Morgan fingerprint density at radius 3 is 2.41 bits per heavy atom. The van der Waals surface area contributed by atoms with Gasteiger partial charge in [-0.05, 0) is 35.4 Å². The van der Waals surface area contributed by atoms with Crippen LogP contribution in [0.15, 0.2) is 36.4 Å². The van der Waals surface area contributed by atoms with Crippen molar-refractivity contribution in [3.63, 3.8) is 0 Å². The number of carbonyl (C=O) groups is 1. The van der Waals surface area contributed by atoms with Gasteiger partial charge in [0.05, 0.1) is 25.2 Å². The van der Waals surface area contributed by atoms with Crippen molar-refractivity contribution < 1.29 is 33.2 Å². The molecule has 0 radical (unpaired) electrons. The van der Waals surface area contributed by atoms with Crippen LogP contribution < -0.4 is 18.9 Å². The molecule has 3 aliphatic heterocycles. The summed E-state index contributed by atoms with van der Waals surface area (Å²) < 4.78 is 33.0. The molecule has 0 aromatic heterocycles. The highest BCUT2D eigenvalue weighted by atomic mass is 16.7. The van der Waals surface area contributed by atoms with Gasteiger partial charge < -0.3 is 28.4 Å². The summed E-state index contributed by atoms with van der Waals surface area (Å²) in [5.41, 5.74) is 1.85. The maximum atomic E-state index is 12.3. The molecule has 7 nitrogen and oxygen atoms in total. The quantitative estimate of drug-likeness (QED) is 0.801. The van der Waals surface area contributed by atoms with E-state index in [9.17, 15) is 4.79 Å². The molecule has 0 saturated carbocycles. The Labute approximate surface area is 155 Å². The Hall–Kier alpha value is -2.77. The fourth-order valence-electron chi connectivity index (χ4n) is 3.50. The first-order valence-corrected chi connectivity index (χ1v) is 8.78. The van der Waals surface area contributed by atoms with Crippen LogP contribution in [0.4, 0.5) is 0 Å². The Morgan fingerprint density at radius 1 is 0.889 bits per heavy atom. The first kappa shape index (κ1) is 16.4. The minimum atomic E-state index is -0.348. The van der Waals surface area contributed by atoms with Gasteiger partial charge in [-0.15, -0.1) is 0 Å². The van der Waals surface area contributed by atoms with Crippen molar-refractivity contribution in [3.8, 4) is 23.0 Å². The third-order valence-corrected chi connectivity index (χ3v) is 4.91. The molecule has 2 aromatic rings. The summed E-state index contributed by atoms with van der Waals surface area (Å²) >= 11 is 0. The minimum absolute atomic E-state index is 0.0448. The van der Waals surface area contributed by atoms with Crippen LogP contribution in [-0.4, -0.2) is 32.6 Å². The molecule has 0 unspecified atom stereocenters. The lowest BCUT2D eigenvalue weighted by Crippen LogP contribution is -2.20. The Kier molecular flexibility index (Phi) is 4.10. The zero-order valence-corrected chi connectivity index (χ0v) is 14.5. The molecule has 140 valence electrons. The normalized spacial score (nSPS) is 22.4. The standard InChI is InChI=1S/C20H18O7/c21-15-9-23-20(13-2-4-17-19(6-13)27-11-25-17)14(15)8-22-7-12-1-3-16-18(5-12)26-10-24-16/h1-6,14,20H,7-11H2/t14-,20+/m0/s1. The minimum Gasteiger partial charge on any atom is -0.454 e. The van der Waals surface area contributed by atoms with E-state index in [4.69, 9.17) is 28.4 Å². The van der Waals surface area contributed by atoms with E-state index >= 15 is 0 Å². The maximum absolute atomic E-state index is 12.3. The van der Waals surface area contributed by atoms with E-state index < -0.39 is 0 Å². The van der Waals surface area contributed by atoms with Crippen molar-refractivity contribution in [2.24, 2.45) is 5.92 Å². The van der Waals surface area contributed by atoms with Crippen LogP contribution >= 0.6 is 0 Å². The molecule has 7 heteroatoms. The van der Waals surface area contributed by atoms with Crippen molar-refractivity contribution in [1.29, 1.82) is 0 Å². The molecule has 1 fully saturated rings. The zero-order chi connectivity index (χ0) is 18.2. The molecule has 0 bridgehead atoms. The Bertz CT molecular complexity index is 879. The fourth-order valence-corrected chi connectivity index (χ4v) is 3.50. The molecule has 0 N–H and O–H groups in total. The second kappa shape index (κ2) is 6.75. The van der Waals surface area contributed by atoms with E-state index in [-0.39, 0.29) is 44.6 Å². The van der Waals surface area contributed by atoms with Crippen LogP contribution in [-0.2, 0) is 20.9 Å². The van der Waals surface area contributed by atoms with Gasteiger partial charge in [0, 0.05) is 0 Å². The van der Waals surface area contributed by atoms with Crippen molar-refractivity contribution in [2.75, 3.05) is 26.8 Å². The number of rotatable bonds is 5. The summed E-state index contributed by atoms with van der Waals surface area (Å²) in [6.07, 6.45) is -0.344. The van der Waals surface area contributed by atoms with Crippen LogP contribution in [0.3, 0.4) is 0 Å². The second-order valence-electron chi connectivity index (χ2n) is 6.62. The number of ether oxygens (including phenoxy) is 6. The van der Waals surface area contributed by atoms with Gasteiger partial charge >= 0.3 is 0 Å². The van der Waals surface area contributed by atoms with Gasteiger partial charge in [0.25, 0.3) is 0 Å². The summed E-state index contributed by atoms with van der Waals surface area (Å²) in [5, 5.41) is 0. The van der Waals surface area contributed by atoms with Crippen LogP contribution in [0.1, 0.15) is 17.2 Å². The van der Waals surface area contributed by atoms with Crippen LogP contribution in [0.25, 0.3) is 0 Å². The largest absolute Gasteiger partial charge is 0.454 e. The summed E-state index contributed by atoms with van der Waals surface area (Å²) in [7, 11) is 0. The third kappa shape index (κ3) is 3.09. The SMILES string of the molecule is O=C1CO[C@H](c2ccc3c(c2)OCO3)[C@H]1COCc1ccc2c(c1)OCO2. The van der Waals surface area contributed by atoms with E-state index in [1.54, 1.807) is 0 Å². The van der Waals surface area contributed by atoms with Gasteiger partial charge in [-0.1, -0.05) is 12.1 Å². The number of benzene rings is 2. The molecule has 2 atom stereocenters. The molecule has 3 aliphatic rings. The van der Waals surface area contributed by atoms with E-state index in [2.05, 4.69) is 0 Å². The van der Waals surface area contributed by atoms with Crippen molar-refractivity contribution in [2.45, 2.75) is 12.7 Å². The zero-order valence-electron chi connectivity index (χ0n) is 14.5. The monoisotopic (exact) mass is 370 g/mol.